The summed E-state index contributed by atoms with van der Waals surface area (Å²) in [6.07, 6.45) is 0.835. The molecule has 0 bridgehead atoms. The first-order valence-electron chi connectivity index (χ1n) is 4.19. The molecule has 4 nitrogen and oxygen atoms in total. The molecule has 0 saturated heterocycles. The summed E-state index contributed by atoms with van der Waals surface area (Å²) >= 11 is 0. The maximum Gasteiger partial charge on any atom is 0.194 e. The lowest BCUT2D eigenvalue weighted by molar-refractivity contribution is 0.527. The molecule has 1 aliphatic heterocycles. The van der Waals surface area contributed by atoms with Gasteiger partial charge in [0.15, 0.2) is 5.96 Å². The van der Waals surface area contributed by atoms with Gasteiger partial charge >= 0.3 is 0 Å². The number of hydrogen-bond acceptors (Lipinski definition) is 3. The smallest absolute Gasteiger partial charge is 0.194 e. The first-order chi connectivity index (χ1) is 5.53. The van der Waals surface area contributed by atoms with Gasteiger partial charge in [-0.15, -0.1) is 0 Å². The van der Waals surface area contributed by atoms with Crippen molar-refractivity contribution < 1.29 is 0 Å². The van der Waals surface area contributed by atoms with Crippen molar-refractivity contribution in [3.05, 3.63) is 0 Å². The van der Waals surface area contributed by atoms with Gasteiger partial charge in [-0.3, -0.25) is 4.99 Å². The summed E-state index contributed by atoms with van der Waals surface area (Å²) in [5.74, 6) is 1.41. The van der Waals surface area contributed by atoms with Gasteiger partial charge in [-0.25, -0.2) is 4.99 Å². The number of aliphatic imine (C=N–C) groups is 2. The van der Waals surface area contributed by atoms with E-state index in [1.807, 2.05) is 20.8 Å². The molecule has 4 heteroatoms. The largest absolute Gasteiger partial charge is 0.370 e. The van der Waals surface area contributed by atoms with Crippen LogP contribution >= 0.6 is 0 Å². The van der Waals surface area contributed by atoms with Crippen molar-refractivity contribution in [1.82, 2.24) is 5.32 Å². The highest BCUT2D eigenvalue weighted by molar-refractivity contribution is 6.01. The third-order valence-electron chi connectivity index (χ3n) is 1.64. The number of hydrogen-bond donors (Lipinski definition) is 2. The fraction of sp³-hybridized carbons (Fsp3) is 0.750. The number of nitrogens with two attached hydrogens (primary N) is 1. The van der Waals surface area contributed by atoms with E-state index in [1.165, 1.54) is 0 Å². The van der Waals surface area contributed by atoms with Crippen molar-refractivity contribution in [2.45, 2.75) is 32.7 Å². The van der Waals surface area contributed by atoms with Gasteiger partial charge in [0, 0.05) is 13.0 Å². The van der Waals surface area contributed by atoms with Crippen LogP contribution in [0.25, 0.3) is 0 Å². The molecule has 0 fully saturated rings. The van der Waals surface area contributed by atoms with E-state index in [1.54, 1.807) is 0 Å². The van der Waals surface area contributed by atoms with E-state index in [2.05, 4.69) is 15.3 Å². The van der Waals surface area contributed by atoms with Gasteiger partial charge in [0.25, 0.3) is 0 Å². The molecule has 3 N–H and O–H groups in total. The van der Waals surface area contributed by atoms with Crippen LogP contribution < -0.4 is 11.1 Å². The number of nitrogens with zero attached hydrogens (tertiary/aromatic N) is 2. The van der Waals surface area contributed by atoms with Crippen molar-refractivity contribution in [2.75, 3.05) is 6.54 Å². The molecule has 0 aromatic carbocycles. The molecule has 12 heavy (non-hydrogen) atoms. The normalized spacial score (nSPS) is 24.9. The van der Waals surface area contributed by atoms with Gasteiger partial charge in [0.2, 0.25) is 0 Å². The average Bonchev–Trinajstić information content (AvgIpc) is 1.82. The summed E-state index contributed by atoms with van der Waals surface area (Å²) in [5, 5.41) is 2.95. The Morgan fingerprint density at radius 3 is 2.83 bits per heavy atom. The van der Waals surface area contributed by atoms with Crippen LogP contribution in [0.4, 0.5) is 0 Å². The van der Waals surface area contributed by atoms with Crippen LogP contribution in [0, 0.1) is 0 Å². The highest BCUT2D eigenvalue weighted by Gasteiger charge is 2.24. The Balaban J connectivity index is 2.79. The molecule has 1 rings (SSSR count). The summed E-state index contributed by atoms with van der Waals surface area (Å²) < 4.78 is 0. The maximum atomic E-state index is 5.59. The van der Waals surface area contributed by atoms with Gasteiger partial charge in [0.1, 0.15) is 5.84 Å². The molecule has 1 heterocycles. The summed E-state index contributed by atoms with van der Waals surface area (Å²) in [5.41, 5.74) is 5.48. The molecule has 0 aromatic rings. The first-order valence-corrected chi connectivity index (χ1v) is 4.19. The highest BCUT2D eigenvalue weighted by Crippen LogP contribution is 2.17. The Morgan fingerprint density at radius 1 is 1.67 bits per heavy atom. The molecule has 0 aliphatic carbocycles. The van der Waals surface area contributed by atoms with Gasteiger partial charge in [0.05, 0.1) is 5.54 Å². The third kappa shape index (κ3) is 2.22. The van der Waals surface area contributed by atoms with Crippen LogP contribution in [-0.2, 0) is 0 Å². The zero-order chi connectivity index (χ0) is 9.19. The second-order valence-electron chi connectivity index (χ2n) is 3.53. The molecule has 0 atom stereocenters. The van der Waals surface area contributed by atoms with Gasteiger partial charge in [-0.05, 0) is 20.8 Å². The molecule has 0 aromatic heterocycles. The Morgan fingerprint density at radius 2 is 2.33 bits per heavy atom. The van der Waals surface area contributed by atoms with E-state index in [0.29, 0.717) is 5.96 Å². The zero-order valence-corrected chi connectivity index (χ0v) is 7.89. The molecule has 0 amide bonds. The lowest BCUT2D eigenvalue weighted by Gasteiger charge is -2.27. The van der Waals surface area contributed by atoms with Crippen LogP contribution in [0.1, 0.15) is 27.2 Å². The third-order valence-corrected chi connectivity index (χ3v) is 1.64. The standard InChI is InChI=1S/C8H16N4/c1-4-10-6-5-8(2,3)12-7(9)11-6/h4-5H2,1-3H3,(H3,9,10,11,12). The van der Waals surface area contributed by atoms with Gasteiger partial charge < -0.3 is 11.1 Å². The monoisotopic (exact) mass is 168 g/mol. The van der Waals surface area contributed by atoms with Gasteiger partial charge in [-0.2, -0.15) is 0 Å². The topological polar surface area (TPSA) is 62.8 Å². The number of rotatable bonds is 1. The zero-order valence-electron chi connectivity index (χ0n) is 7.89. The fourth-order valence-corrected chi connectivity index (χ4v) is 1.28. The van der Waals surface area contributed by atoms with E-state index in [9.17, 15) is 0 Å². The summed E-state index contributed by atoms with van der Waals surface area (Å²) in [6.45, 7) is 6.88. The maximum absolute atomic E-state index is 5.59. The summed E-state index contributed by atoms with van der Waals surface area (Å²) in [7, 11) is 0. The van der Waals surface area contributed by atoms with Crippen LogP contribution in [-0.4, -0.2) is 23.9 Å². The predicted octanol–water partition coefficient (Wildman–Crippen LogP) is 0.491. The van der Waals surface area contributed by atoms with Crippen LogP contribution in [0.5, 0.6) is 0 Å². The van der Waals surface area contributed by atoms with E-state index in [0.717, 1.165) is 18.8 Å². The van der Waals surface area contributed by atoms with E-state index in [4.69, 9.17) is 5.73 Å². The second-order valence-corrected chi connectivity index (χ2v) is 3.53. The SMILES string of the molecule is CCN=C1CC(C)(C)N=C(N)N1. The molecular formula is C8H16N4. The fourth-order valence-electron chi connectivity index (χ4n) is 1.28. The Labute approximate surface area is 73.0 Å². The minimum Gasteiger partial charge on any atom is -0.370 e. The van der Waals surface area contributed by atoms with Crippen LogP contribution in [0.3, 0.4) is 0 Å². The average molecular weight is 168 g/mol. The quantitative estimate of drug-likeness (QED) is 0.598. The number of nitrogens with one attached hydrogen (secondary N) is 1. The van der Waals surface area contributed by atoms with Crippen LogP contribution in [0.15, 0.2) is 9.98 Å². The summed E-state index contributed by atoms with van der Waals surface area (Å²) in [4.78, 5) is 8.52. The van der Waals surface area contributed by atoms with Crippen molar-refractivity contribution in [3.8, 4) is 0 Å². The molecule has 0 saturated carbocycles. The molecule has 0 spiro atoms. The van der Waals surface area contributed by atoms with Gasteiger partial charge in [-0.1, -0.05) is 0 Å². The van der Waals surface area contributed by atoms with Crippen molar-refractivity contribution in [1.29, 1.82) is 0 Å². The lowest BCUT2D eigenvalue weighted by Crippen LogP contribution is -2.46. The molecule has 0 radical (unpaired) electrons. The molecule has 1 aliphatic rings. The van der Waals surface area contributed by atoms with E-state index >= 15 is 0 Å². The highest BCUT2D eigenvalue weighted by atomic mass is 15.2. The predicted molar refractivity (Wildman–Crippen MR) is 51.4 cm³/mol. The Bertz CT molecular complexity index is 227. The Kier molecular flexibility index (Phi) is 2.35. The van der Waals surface area contributed by atoms with E-state index in [-0.39, 0.29) is 5.54 Å². The summed E-state index contributed by atoms with van der Waals surface area (Å²) in [6, 6.07) is 0. The van der Waals surface area contributed by atoms with Crippen molar-refractivity contribution in [2.24, 2.45) is 15.7 Å². The van der Waals surface area contributed by atoms with Crippen molar-refractivity contribution in [3.63, 3.8) is 0 Å². The molecule has 68 valence electrons. The van der Waals surface area contributed by atoms with Crippen molar-refractivity contribution >= 4 is 11.8 Å². The minimum absolute atomic E-state index is 0.108. The second kappa shape index (κ2) is 3.13. The Hall–Kier alpha value is -1.06. The molecule has 0 unspecified atom stereocenters. The van der Waals surface area contributed by atoms with Crippen LogP contribution in [0.2, 0.25) is 0 Å². The first kappa shape index (κ1) is 9.03. The number of guanidine groups is 1. The number of amidine groups is 1. The van der Waals surface area contributed by atoms with E-state index < -0.39 is 0 Å². The minimum atomic E-state index is -0.108. The lowest BCUT2D eigenvalue weighted by atomic mass is 10.00. The molecular weight excluding hydrogens is 152 g/mol.